The number of hydrogen-bond acceptors (Lipinski definition) is 6. The predicted molar refractivity (Wildman–Crippen MR) is 111 cm³/mol. The van der Waals surface area contributed by atoms with Crippen molar-refractivity contribution in [2.45, 2.75) is 50.9 Å². The first-order valence-electron chi connectivity index (χ1n) is 12.3. The molecule has 170 valence electrons. The lowest BCUT2D eigenvalue weighted by molar-refractivity contribution is -0.197. The molecule has 1 aliphatic heterocycles. The van der Waals surface area contributed by atoms with Crippen molar-refractivity contribution in [3.05, 3.63) is 12.2 Å². The highest BCUT2D eigenvalue weighted by Crippen LogP contribution is 2.76. The fourth-order valence-corrected chi connectivity index (χ4v) is 10.5. The molecule has 0 radical (unpaired) electrons. The maximum atomic E-state index is 13.4. The van der Waals surface area contributed by atoms with E-state index in [4.69, 9.17) is 13.7 Å². The second kappa shape index (κ2) is 6.57. The van der Waals surface area contributed by atoms with Crippen molar-refractivity contribution in [1.29, 1.82) is 0 Å². The molecule has 6 nitrogen and oxygen atoms in total. The number of carbonyl (C=O) groups excluding carboxylic acids is 1. The van der Waals surface area contributed by atoms with Crippen LogP contribution < -0.4 is 0 Å². The van der Waals surface area contributed by atoms with Crippen LogP contribution in [0.2, 0.25) is 0 Å². The Hall–Kier alpha value is -0.920. The van der Waals surface area contributed by atoms with Crippen molar-refractivity contribution in [2.24, 2.45) is 65.1 Å². The second-order valence-electron chi connectivity index (χ2n) is 11.4. The van der Waals surface area contributed by atoms with Gasteiger partial charge in [-0.1, -0.05) is 12.2 Å². The van der Waals surface area contributed by atoms with E-state index < -0.39 is 28.4 Å². The Bertz CT molecular complexity index is 922. The maximum absolute atomic E-state index is 13.4. The van der Waals surface area contributed by atoms with Crippen molar-refractivity contribution in [3.63, 3.8) is 0 Å². The highest BCUT2D eigenvalue weighted by molar-refractivity contribution is 7.86. The Morgan fingerprint density at radius 3 is 2.23 bits per heavy atom. The molecule has 0 aromatic carbocycles. The van der Waals surface area contributed by atoms with E-state index in [0.29, 0.717) is 30.3 Å². The minimum absolute atomic E-state index is 0.161. The first kappa shape index (κ1) is 19.5. The number of rotatable bonds is 4. The minimum Gasteiger partial charge on any atom is -0.435 e. The molecule has 0 spiro atoms. The van der Waals surface area contributed by atoms with E-state index in [0.717, 1.165) is 55.6 Å². The SMILES string of the molecule is CS(=O)(=O)OC1C2CC(C1C(=O)OC1CCCCO1)C1C3CC(C4C5C=CC(C5)C34)C21. The monoisotopic (exact) mass is 448 g/mol. The van der Waals surface area contributed by atoms with Crippen molar-refractivity contribution >= 4 is 16.1 Å². The topological polar surface area (TPSA) is 78.9 Å². The Morgan fingerprint density at radius 2 is 1.58 bits per heavy atom. The molecule has 1 heterocycles. The average molecular weight is 449 g/mol. The highest BCUT2D eigenvalue weighted by Gasteiger charge is 2.74. The van der Waals surface area contributed by atoms with Gasteiger partial charge in [0.25, 0.3) is 10.1 Å². The first-order valence-corrected chi connectivity index (χ1v) is 14.1. The van der Waals surface area contributed by atoms with Crippen LogP contribution in [0.1, 0.15) is 38.5 Å². The summed E-state index contributed by atoms with van der Waals surface area (Å²) < 4.78 is 41.4. The van der Waals surface area contributed by atoms with E-state index >= 15 is 0 Å². The van der Waals surface area contributed by atoms with Crippen LogP contribution >= 0.6 is 0 Å². The van der Waals surface area contributed by atoms with Crippen molar-refractivity contribution < 1.29 is 26.9 Å². The average Bonchev–Trinajstić information content (AvgIpc) is 3.52. The van der Waals surface area contributed by atoms with Gasteiger partial charge in [-0.15, -0.1) is 0 Å². The summed E-state index contributed by atoms with van der Waals surface area (Å²) in [6.45, 7) is 0.617. The molecule has 0 aromatic heterocycles. The number of esters is 1. The molecule has 0 amide bonds. The molecule has 7 heteroatoms. The van der Waals surface area contributed by atoms with Crippen LogP contribution in [0.3, 0.4) is 0 Å². The van der Waals surface area contributed by atoms with Gasteiger partial charge in [0.05, 0.1) is 24.9 Å². The molecule has 6 bridgehead atoms. The minimum atomic E-state index is -3.65. The Kier molecular flexibility index (Phi) is 4.14. The number of fused-ring (bicyclic) bond motifs is 16. The fourth-order valence-electron chi connectivity index (χ4n) is 9.87. The van der Waals surface area contributed by atoms with Crippen LogP contribution in [0, 0.1) is 65.1 Å². The van der Waals surface area contributed by atoms with Gasteiger partial charge in [0, 0.05) is 6.42 Å². The highest BCUT2D eigenvalue weighted by atomic mass is 32.2. The van der Waals surface area contributed by atoms with E-state index in [9.17, 15) is 13.2 Å². The lowest BCUT2D eigenvalue weighted by Crippen LogP contribution is -2.50. The van der Waals surface area contributed by atoms with Gasteiger partial charge in [-0.05, 0) is 91.3 Å². The van der Waals surface area contributed by atoms with E-state index in [1.165, 1.54) is 12.8 Å². The molecular weight excluding hydrogens is 416 g/mol. The van der Waals surface area contributed by atoms with Gasteiger partial charge < -0.3 is 9.47 Å². The molecule has 13 unspecified atom stereocenters. The van der Waals surface area contributed by atoms with Crippen molar-refractivity contribution in [2.75, 3.05) is 12.9 Å². The third kappa shape index (κ3) is 2.69. The molecule has 6 aliphatic carbocycles. The molecule has 1 saturated heterocycles. The van der Waals surface area contributed by atoms with Crippen LogP contribution in [0.5, 0.6) is 0 Å². The molecule has 0 N–H and O–H groups in total. The van der Waals surface area contributed by atoms with Crippen LogP contribution in [-0.4, -0.2) is 39.6 Å². The smallest absolute Gasteiger partial charge is 0.314 e. The zero-order chi connectivity index (χ0) is 21.1. The van der Waals surface area contributed by atoms with Crippen LogP contribution in [0.15, 0.2) is 12.2 Å². The predicted octanol–water partition coefficient (Wildman–Crippen LogP) is 2.99. The van der Waals surface area contributed by atoms with Crippen molar-refractivity contribution in [1.82, 2.24) is 0 Å². The zero-order valence-corrected chi connectivity index (χ0v) is 18.8. The molecule has 7 rings (SSSR count). The molecule has 6 fully saturated rings. The summed E-state index contributed by atoms with van der Waals surface area (Å²) in [6, 6.07) is 0. The van der Waals surface area contributed by atoms with Crippen LogP contribution in [-0.2, 0) is 28.6 Å². The van der Waals surface area contributed by atoms with E-state index in [1.807, 2.05) is 0 Å². The standard InChI is InChI=1S/C24H32O6S/c1-31(26,27)30-23-16-10-15(22(23)24(25)29-17-4-2-3-7-28-17)20-13-9-14(21(16)20)19-12-6-5-11(8-12)18(13)19/h5-6,11-23H,2-4,7-10H2,1H3. The summed E-state index contributed by atoms with van der Waals surface area (Å²) in [4.78, 5) is 13.4. The molecule has 0 aromatic rings. The summed E-state index contributed by atoms with van der Waals surface area (Å²) in [6.07, 6.45) is 11.2. The normalized spacial score (nSPS) is 55.6. The van der Waals surface area contributed by atoms with Gasteiger partial charge >= 0.3 is 5.97 Å². The molecule has 31 heavy (non-hydrogen) atoms. The molecular formula is C24H32O6S. The number of ether oxygens (including phenoxy) is 2. The quantitative estimate of drug-likeness (QED) is 0.285. The number of carbonyl (C=O) groups is 1. The third-order valence-corrected chi connectivity index (χ3v) is 10.8. The van der Waals surface area contributed by atoms with Gasteiger partial charge in [-0.2, -0.15) is 8.42 Å². The summed E-state index contributed by atoms with van der Waals surface area (Å²) in [7, 11) is -3.65. The first-order chi connectivity index (χ1) is 14.9. The zero-order valence-electron chi connectivity index (χ0n) is 18.0. The summed E-state index contributed by atoms with van der Waals surface area (Å²) in [5.41, 5.74) is 0. The third-order valence-electron chi connectivity index (χ3n) is 10.3. The fraction of sp³-hybridized carbons (Fsp3) is 0.875. The van der Waals surface area contributed by atoms with Gasteiger partial charge in [0.15, 0.2) is 0 Å². The number of hydrogen-bond donors (Lipinski definition) is 0. The molecule has 13 atom stereocenters. The second-order valence-corrected chi connectivity index (χ2v) is 13.0. The maximum Gasteiger partial charge on any atom is 0.314 e. The molecule has 5 saturated carbocycles. The summed E-state index contributed by atoms with van der Waals surface area (Å²) in [5, 5.41) is 0. The van der Waals surface area contributed by atoms with Crippen LogP contribution in [0.4, 0.5) is 0 Å². The Morgan fingerprint density at radius 1 is 0.903 bits per heavy atom. The summed E-state index contributed by atoms with van der Waals surface area (Å²) in [5.74, 6) is 5.03. The summed E-state index contributed by atoms with van der Waals surface area (Å²) >= 11 is 0. The largest absolute Gasteiger partial charge is 0.435 e. The lowest BCUT2D eigenvalue weighted by Gasteiger charge is -2.47. The van der Waals surface area contributed by atoms with Gasteiger partial charge in [0.1, 0.15) is 0 Å². The lowest BCUT2D eigenvalue weighted by atomic mass is 9.59. The van der Waals surface area contributed by atoms with Crippen LogP contribution in [0.25, 0.3) is 0 Å². The van der Waals surface area contributed by atoms with E-state index in [-0.39, 0.29) is 17.8 Å². The van der Waals surface area contributed by atoms with Gasteiger partial charge in [-0.3, -0.25) is 8.98 Å². The van der Waals surface area contributed by atoms with Gasteiger partial charge in [-0.25, -0.2) is 0 Å². The Balaban J connectivity index is 1.19. The molecule has 7 aliphatic rings. The van der Waals surface area contributed by atoms with E-state index in [2.05, 4.69) is 12.2 Å². The number of allylic oxidation sites excluding steroid dienone is 2. The Labute approximate surface area is 184 Å². The van der Waals surface area contributed by atoms with Crippen molar-refractivity contribution in [3.8, 4) is 0 Å². The van der Waals surface area contributed by atoms with Gasteiger partial charge in [0.2, 0.25) is 6.29 Å². The van der Waals surface area contributed by atoms with E-state index in [1.54, 1.807) is 0 Å².